The zero-order valence-electron chi connectivity index (χ0n) is 14.9. The minimum absolute atomic E-state index is 0.0585. The largest absolute Gasteiger partial charge is 0.484 e. The molecule has 2 amide bonds. The van der Waals surface area contributed by atoms with Gasteiger partial charge in [0.15, 0.2) is 6.61 Å². The van der Waals surface area contributed by atoms with Crippen LogP contribution in [0.4, 0.5) is 0 Å². The molecular weight excluding hydrogens is 348 g/mol. The summed E-state index contributed by atoms with van der Waals surface area (Å²) in [6.45, 7) is 0.0316. The summed E-state index contributed by atoms with van der Waals surface area (Å²) >= 11 is 0. The van der Waals surface area contributed by atoms with Gasteiger partial charge in [0.25, 0.3) is 5.91 Å². The average molecular weight is 370 g/mol. The number of hydrogen-bond acceptors (Lipinski definition) is 5. The monoisotopic (exact) mass is 370 g/mol. The van der Waals surface area contributed by atoms with Crippen molar-refractivity contribution < 1.29 is 23.9 Å². The Morgan fingerprint density at radius 2 is 1.41 bits per heavy atom. The van der Waals surface area contributed by atoms with Crippen molar-refractivity contribution in [2.45, 2.75) is 19.3 Å². The second kappa shape index (κ2) is 11.3. The average Bonchev–Trinajstić information content (AvgIpc) is 2.70. The Bertz CT molecular complexity index is 735. The predicted molar refractivity (Wildman–Crippen MR) is 98.6 cm³/mol. The van der Waals surface area contributed by atoms with Crippen LogP contribution in [0.1, 0.15) is 18.4 Å². The first-order chi connectivity index (χ1) is 13.1. The molecule has 0 spiro atoms. The number of hydrogen-bond donors (Lipinski definition) is 2. The van der Waals surface area contributed by atoms with E-state index >= 15 is 0 Å². The standard InChI is InChI=1S/C20H22N2O5/c23-18(21-22-19(24)15-27-17-9-5-2-6-10-17)11-12-20(25)26-14-13-16-7-3-1-4-8-16/h1-10H,11-15H2,(H,21,23)(H,22,24). The van der Waals surface area contributed by atoms with E-state index in [0.29, 0.717) is 12.2 Å². The van der Waals surface area contributed by atoms with Crippen LogP contribution >= 0.6 is 0 Å². The fraction of sp³-hybridized carbons (Fsp3) is 0.250. The Labute approximate surface area is 157 Å². The zero-order chi connectivity index (χ0) is 19.3. The molecule has 2 N–H and O–H groups in total. The lowest BCUT2D eigenvalue weighted by atomic mass is 10.2. The first kappa shape index (κ1) is 20.0. The lowest BCUT2D eigenvalue weighted by molar-refractivity contribution is -0.145. The van der Waals surface area contributed by atoms with Crippen molar-refractivity contribution in [3.8, 4) is 5.75 Å². The smallest absolute Gasteiger partial charge is 0.306 e. The summed E-state index contributed by atoms with van der Waals surface area (Å²) in [5, 5.41) is 0. The van der Waals surface area contributed by atoms with Crippen LogP contribution in [-0.2, 0) is 25.5 Å². The molecule has 2 aromatic rings. The fourth-order valence-corrected chi connectivity index (χ4v) is 2.12. The van der Waals surface area contributed by atoms with Crippen molar-refractivity contribution in [3.05, 3.63) is 66.2 Å². The van der Waals surface area contributed by atoms with Gasteiger partial charge in [0, 0.05) is 12.8 Å². The Morgan fingerprint density at radius 1 is 0.778 bits per heavy atom. The molecule has 0 aliphatic carbocycles. The molecule has 7 nitrogen and oxygen atoms in total. The maximum Gasteiger partial charge on any atom is 0.306 e. The Morgan fingerprint density at radius 3 is 2.11 bits per heavy atom. The van der Waals surface area contributed by atoms with Crippen LogP contribution in [0.5, 0.6) is 5.75 Å². The van der Waals surface area contributed by atoms with Gasteiger partial charge in [0.2, 0.25) is 5.91 Å². The molecule has 0 bridgehead atoms. The number of nitrogens with one attached hydrogen (secondary N) is 2. The van der Waals surface area contributed by atoms with Gasteiger partial charge in [-0.3, -0.25) is 25.2 Å². The van der Waals surface area contributed by atoms with Crippen LogP contribution < -0.4 is 15.6 Å². The van der Waals surface area contributed by atoms with Crippen LogP contribution in [0.2, 0.25) is 0 Å². The SMILES string of the molecule is O=C(CCC(=O)OCCc1ccccc1)NNC(=O)COc1ccccc1. The van der Waals surface area contributed by atoms with E-state index in [1.165, 1.54) is 0 Å². The van der Waals surface area contributed by atoms with Gasteiger partial charge in [-0.25, -0.2) is 0 Å². The minimum Gasteiger partial charge on any atom is -0.484 e. The quantitative estimate of drug-likeness (QED) is 0.518. The molecule has 2 aromatic carbocycles. The molecule has 2 rings (SSSR count). The molecule has 0 atom stereocenters. The molecule has 0 heterocycles. The molecule has 7 heteroatoms. The first-order valence-electron chi connectivity index (χ1n) is 8.58. The van der Waals surface area contributed by atoms with Gasteiger partial charge in [-0.05, 0) is 17.7 Å². The van der Waals surface area contributed by atoms with E-state index in [2.05, 4.69) is 10.9 Å². The first-order valence-corrected chi connectivity index (χ1v) is 8.58. The number of carbonyl (C=O) groups excluding carboxylic acids is 3. The maximum absolute atomic E-state index is 11.6. The number of benzene rings is 2. The summed E-state index contributed by atoms with van der Waals surface area (Å²) in [5.74, 6) is -0.891. The third-order valence-corrected chi connectivity index (χ3v) is 3.51. The maximum atomic E-state index is 11.6. The van der Waals surface area contributed by atoms with Gasteiger partial charge in [0.1, 0.15) is 5.75 Å². The van der Waals surface area contributed by atoms with E-state index in [-0.39, 0.29) is 26.1 Å². The Hall–Kier alpha value is -3.35. The predicted octanol–water partition coefficient (Wildman–Crippen LogP) is 1.78. The van der Waals surface area contributed by atoms with Crippen LogP contribution in [0, 0.1) is 0 Å². The Kier molecular flexibility index (Phi) is 8.36. The lowest BCUT2D eigenvalue weighted by Crippen LogP contribution is -2.43. The van der Waals surface area contributed by atoms with Crippen molar-refractivity contribution in [3.63, 3.8) is 0 Å². The van der Waals surface area contributed by atoms with E-state index < -0.39 is 17.8 Å². The highest BCUT2D eigenvalue weighted by molar-refractivity contribution is 5.84. The highest BCUT2D eigenvalue weighted by Crippen LogP contribution is 2.07. The van der Waals surface area contributed by atoms with Gasteiger partial charge in [-0.1, -0.05) is 48.5 Å². The van der Waals surface area contributed by atoms with Crippen LogP contribution in [-0.4, -0.2) is 31.0 Å². The molecule has 0 aliphatic rings. The van der Waals surface area contributed by atoms with Crippen LogP contribution in [0.15, 0.2) is 60.7 Å². The van der Waals surface area contributed by atoms with Crippen molar-refractivity contribution in [2.75, 3.05) is 13.2 Å². The summed E-state index contributed by atoms with van der Waals surface area (Å²) in [4.78, 5) is 34.9. The molecule has 0 fully saturated rings. The summed E-state index contributed by atoms with van der Waals surface area (Å²) in [7, 11) is 0. The number of para-hydroxylation sites is 1. The number of ether oxygens (including phenoxy) is 2. The summed E-state index contributed by atoms with van der Waals surface area (Å²) < 4.78 is 10.3. The van der Waals surface area contributed by atoms with E-state index in [9.17, 15) is 14.4 Å². The second-order valence-electron chi connectivity index (χ2n) is 5.65. The molecule has 0 radical (unpaired) electrons. The second-order valence-corrected chi connectivity index (χ2v) is 5.65. The summed E-state index contributed by atoms with van der Waals surface area (Å²) in [6, 6.07) is 18.5. The topological polar surface area (TPSA) is 93.7 Å². The van der Waals surface area contributed by atoms with Crippen molar-refractivity contribution in [1.29, 1.82) is 0 Å². The third kappa shape index (κ3) is 8.53. The third-order valence-electron chi connectivity index (χ3n) is 3.51. The molecule has 0 saturated heterocycles. The number of carbonyl (C=O) groups is 3. The number of amides is 2. The number of esters is 1. The number of hydrazine groups is 1. The summed E-state index contributed by atoms with van der Waals surface area (Å²) in [5.41, 5.74) is 5.53. The summed E-state index contributed by atoms with van der Waals surface area (Å²) in [6.07, 6.45) is 0.483. The fourth-order valence-electron chi connectivity index (χ4n) is 2.12. The van der Waals surface area contributed by atoms with E-state index in [4.69, 9.17) is 9.47 Å². The highest BCUT2D eigenvalue weighted by Gasteiger charge is 2.09. The van der Waals surface area contributed by atoms with Gasteiger partial charge < -0.3 is 9.47 Å². The minimum atomic E-state index is -0.502. The molecule has 0 aromatic heterocycles. The molecule has 142 valence electrons. The zero-order valence-corrected chi connectivity index (χ0v) is 14.9. The van der Waals surface area contributed by atoms with Crippen LogP contribution in [0.3, 0.4) is 0 Å². The Balaban J connectivity index is 1.53. The van der Waals surface area contributed by atoms with E-state index in [0.717, 1.165) is 5.56 Å². The highest BCUT2D eigenvalue weighted by atomic mass is 16.5. The van der Waals surface area contributed by atoms with Gasteiger partial charge in [-0.2, -0.15) is 0 Å². The van der Waals surface area contributed by atoms with E-state index in [1.54, 1.807) is 24.3 Å². The van der Waals surface area contributed by atoms with Crippen molar-refractivity contribution in [1.82, 2.24) is 10.9 Å². The van der Waals surface area contributed by atoms with Gasteiger partial charge in [0.05, 0.1) is 13.0 Å². The van der Waals surface area contributed by atoms with E-state index in [1.807, 2.05) is 36.4 Å². The van der Waals surface area contributed by atoms with Gasteiger partial charge >= 0.3 is 5.97 Å². The normalized spacial score (nSPS) is 9.93. The van der Waals surface area contributed by atoms with Gasteiger partial charge in [-0.15, -0.1) is 0 Å². The van der Waals surface area contributed by atoms with Crippen LogP contribution in [0.25, 0.3) is 0 Å². The molecule has 0 aliphatic heterocycles. The van der Waals surface area contributed by atoms with Crippen molar-refractivity contribution in [2.24, 2.45) is 0 Å². The lowest BCUT2D eigenvalue weighted by Gasteiger charge is -2.09. The molecular formula is C20H22N2O5. The van der Waals surface area contributed by atoms with Crippen molar-refractivity contribution >= 4 is 17.8 Å². The molecule has 0 saturated carbocycles. The molecule has 0 unspecified atom stereocenters. The molecule has 27 heavy (non-hydrogen) atoms. The number of rotatable bonds is 9.